The van der Waals surface area contributed by atoms with Crippen molar-refractivity contribution in [1.82, 2.24) is 9.13 Å². The number of anilines is 2. The van der Waals surface area contributed by atoms with Crippen LogP contribution in [0.3, 0.4) is 0 Å². The molecule has 0 fully saturated rings. The number of amides is 1. The van der Waals surface area contributed by atoms with Gasteiger partial charge >= 0.3 is 5.69 Å². The van der Waals surface area contributed by atoms with Crippen LogP contribution in [0, 0.1) is 12.7 Å². The third-order valence-corrected chi connectivity index (χ3v) is 7.35. The van der Waals surface area contributed by atoms with Gasteiger partial charge in [0.1, 0.15) is 12.4 Å². The zero-order valence-electron chi connectivity index (χ0n) is 18.8. The zero-order chi connectivity index (χ0) is 24.6. The summed E-state index contributed by atoms with van der Waals surface area (Å²) in [5, 5.41) is 2.65. The molecular formula is C24H23FN4O4S. The van der Waals surface area contributed by atoms with E-state index in [1.165, 1.54) is 39.5 Å². The van der Waals surface area contributed by atoms with E-state index in [0.29, 0.717) is 16.7 Å². The van der Waals surface area contributed by atoms with E-state index in [9.17, 15) is 22.4 Å². The average Bonchev–Trinajstić information content (AvgIpc) is 3.02. The van der Waals surface area contributed by atoms with Gasteiger partial charge in [-0.25, -0.2) is 17.6 Å². The van der Waals surface area contributed by atoms with Crippen molar-refractivity contribution in [1.29, 1.82) is 0 Å². The molecule has 1 N–H and O–H groups in total. The summed E-state index contributed by atoms with van der Waals surface area (Å²) in [5.74, 6) is -1.44. The smallest absolute Gasteiger partial charge is 0.324 e. The summed E-state index contributed by atoms with van der Waals surface area (Å²) >= 11 is 0. The molecule has 1 heterocycles. The Morgan fingerprint density at radius 1 is 0.971 bits per heavy atom. The Morgan fingerprint density at radius 3 is 2.29 bits per heavy atom. The number of nitrogens with one attached hydrogen (secondary N) is 1. The van der Waals surface area contributed by atoms with Crippen LogP contribution >= 0.6 is 0 Å². The molecule has 0 aliphatic heterocycles. The van der Waals surface area contributed by atoms with E-state index in [-0.39, 0.29) is 16.3 Å². The van der Waals surface area contributed by atoms with Crippen LogP contribution in [0.25, 0.3) is 11.0 Å². The maximum absolute atomic E-state index is 14.6. The van der Waals surface area contributed by atoms with E-state index in [0.717, 1.165) is 15.9 Å². The first-order valence-electron chi connectivity index (χ1n) is 10.4. The Bertz CT molecular complexity index is 1560. The minimum Gasteiger partial charge on any atom is -0.324 e. The number of para-hydroxylation sites is 1. The lowest BCUT2D eigenvalue weighted by atomic mass is 10.2. The van der Waals surface area contributed by atoms with Crippen LogP contribution in [0.5, 0.6) is 0 Å². The number of sulfonamides is 1. The predicted molar refractivity (Wildman–Crippen MR) is 129 cm³/mol. The summed E-state index contributed by atoms with van der Waals surface area (Å²) < 4.78 is 45.1. The van der Waals surface area contributed by atoms with Gasteiger partial charge in [0, 0.05) is 19.8 Å². The molecule has 176 valence electrons. The summed E-state index contributed by atoms with van der Waals surface area (Å²) in [5.41, 5.74) is 2.07. The van der Waals surface area contributed by atoms with Crippen molar-refractivity contribution in [2.24, 2.45) is 14.1 Å². The normalized spacial score (nSPS) is 11.5. The summed E-state index contributed by atoms with van der Waals surface area (Å²) in [7, 11) is -0.981. The van der Waals surface area contributed by atoms with E-state index in [2.05, 4.69) is 5.32 Å². The van der Waals surface area contributed by atoms with Gasteiger partial charge in [-0.15, -0.1) is 0 Å². The van der Waals surface area contributed by atoms with Gasteiger partial charge in [0.25, 0.3) is 10.0 Å². The number of rotatable bonds is 6. The number of carbonyl (C=O) groups is 1. The van der Waals surface area contributed by atoms with Gasteiger partial charge in [-0.3, -0.25) is 18.2 Å². The van der Waals surface area contributed by atoms with E-state index >= 15 is 0 Å². The van der Waals surface area contributed by atoms with Crippen molar-refractivity contribution in [3.63, 3.8) is 0 Å². The highest BCUT2D eigenvalue weighted by atomic mass is 32.2. The van der Waals surface area contributed by atoms with Gasteiger partial charge in [0.2, 0.25) is 5.91 Å². The van der Waals surface area contributed by atoms with Crippen molar-refractivity contribution in [2.75, 3.05) is 16.2 Å². The first kappa shape index (κ1) is 23.2. The van der Waals surface area contributed by atoms with Crippen LogP contribution in [0.1, 0.15) is 5.56 Å². The topological polar surface area (TPSA) is 93.4 Å². The molecule has 4 rings (SSSR count). The fraction of sp³-hybridized carbons (Fsp3) is 0.167. The number of aryl methyl sites for hydroxylation is 3. The van der Waals surface area contributed by atoms with Crippen LogP contribution in [-0.2, 0) is 28.9 Å². The molecule has 34 heavy (non-hydrogen) atoms. The molecule has 0 saturated heterocycles. The maximum atomic E-state index is 14.6. The molecule has 8 nitrogen and oxygen atoms in total. The molecule has 1 aromatic heterocycles. The molecule has 0 unspecified atom stereocenters. The number of fused-ring (bicyclic) bond motifs is 1. The molecule has 0 atom stereocenters. The quantitative estimate of drug-likeness (QED) is 0.457. The highest BCUT2D eigenvalue weighted by Crippen LogP contribution is 2.27. The standard InChI is InChI=1S/C24H23FN4O4S/c1-16-8-11-18(12-9-16)34(32,33)29(20-7-5-4-6-19(20)25)15-23(30)26-17-10-13-21-22(14-17)28(3)24(31)27(21)2/h4-14H,15H2,1-3H3,(H,26,30). The lowest BCUT2D eigenvalue weighted by Crippen LogP contribution is -2.38. The molecule has 0 spiro atoms. The van der Waals surface area contributed by atoms with Crippen LogP contribution in [0.2, 0.25) is 0 Å². The first-order chi connectivity index (χ1) is 16.1. The number of benzene rings is 3. The Balaban J connectivity index is 1.68. The molecule has 0 saturated carbocycles. The van der Waals surface area contributed by atoms with Gasteiger partial charge in [-0.05, 0) is 49.4 Å². The van der Waals surface area contributed by atoms with Gasteiger partial charge in [-0.2, -0.15) is 0 Å². The zero-order valence-corrected chi connectivity index (χ0v) is 19.6. The van der Waals surface area contributed by atoms with E-state index in [1.807, 2.05) is 6.92 Å². The van der Waals surface area contributed by atoms with Crippen molar-refractivity contribution in [2.45, 2.75) is 11.8 Å². The van der Waals surface area contributed by atoms with Crippen molar-refractivity contribution in [3.8, 4) is 0 Å². The summed E-state index contributed by atoms with van der Waals surface area (Å²) in [4.78, 5) is 25.0. The fourth-order valence-electron chi connectivity index (χ4n) is 3.71. The van der Waals surface area contributed by atoms with Gasteiger partial charge < -0.3 is 5.32 Å². The molecular weight excluding hydrogens is 459 g/mol. The lowest BCUT2D eigenvalue weighted by Gasteiger charge is -2.24. The first-order valence-corrected chi connectivity index (χ1v) is 11.8. The molecule has 0 radical (unpaired) electrons. The molecule has 0 aliphatic carbocycles. The Kier molecular flexibility index (Phi) is 6.01. The molecule has 3 aromatic carbocycles. The van der Waals surface area contributed by atoms with Crippen LogP contribution < -0.4 is 15.3 Å². The Morgan fingerprint density at radius 2 is 1.62 bits per heavy atom. The third kappa shape index (κ3) is 4.19. The van der Waals surface area contributed by atoms with Crippen LogP contribution in [-0.4, -0.2) is 30.0 Å². The number of imidazole rings is 1. The number of nitrogens with zero attached hydrogens (tertiary/aromatic N) is 3. The molecule has 0 bridgehead atoms. The Labute approximate surface area is 195 Å². The van der Waals surface area contributed by atoms with E-state index in [4.69, 9.17) is 0 Å². The number of halogens is 1. The molecule has 1 amide bonds. The number of carbonyl (C=O) groups excluding carboxylic acids is 1. The minimum absolute atomic E-state index is 0.0603. The summed E-state index contributed by atoms with van der Waals surface area (Å²) in [6, 6.07) is 16.4. The minimum atomic E-state index is -4.24. The Hall–Kier alpha value is -3.92. The lowest BCUT2D eigenvalue weighted by molar-refractivity contribution is -0.114. The average molecular weight is 483 g/mol. The van der Waals surface area contributed by atoms with Crippen molar-refractivity contribution in [3.05, 3.63) is 88.6 Å². The number of hydrogen-bond donors (Lipinski definition) is 1. The van der Waals surface area contributed by atoms with E-state index in [1.54, 1.807) is 44.4 Å². The second-order valence-corrected chi connectivity index (χ2v) is 9.79. The summed E-state index contributed by atoms with van der Waals surface area (Å²) in [6.45, 7) is 1.17. The van der Waals surface area contributed by atoms with E-state index < -0.39 is 28.3 Å². The fourth-order valence-corrected chi connectivity index (χ4v) is 5.14. The van der Waals surface area contributed by atoms with Gasteiger partial charge in [0.15, 0.2) is 0 Å². The highest BCUT2D eigenvalue weighted by molar-refractivity contribution is 7.92. The molecule has 10 heteroatoms. The highest BCUT2D eigenvalue weighted by Gasteiger charge is 2.29. The van der Waals surface area contributed by atoms with Crippen molar-refractivity contribution >= 4 is 38.3 Å². The second kappa shape index (κ2) is 8.79. The maximum Gasteiger partial charge on any atom is 0.328 e. The third-order valence-electron chi connectivity index (χ3n) is 5.57. The summed E-state index contributed by atoms with van der Waals surface area (Å²) in [6.07, 6.45) is 0. The molecule has 4 aromatic rings. The van der Waals surface area contributed by atoms with Gasteiger partial charge in [-0.1, -0.05) is 29.8 Å². The van der Waals surface area contributed by atoms with Crippen LogP contribution in [0.15, 0.2) is 76.4 Å². The van der Waals surface area contributed by atoms with Gasteiger partial charge in [0.05, 0.1) is 21.6 Å². The number of hydrogen-bond acceptors (Lipinski definition) is 4. The molecule has 0 aliphatic rings. The second-order valence-electron chi connectivity index (χ2n) is 7.93. The largest absolute Gasteiger partial charge is 0.328 e. The van der Waals surface area contributed by atoms with Crippen LogP contribution in [0.4, 0.5) is 15.8 Å². The monoisotopic (exact) mass is 482 g/mol. The van der Waals surface area contributed by atoms with Crippen molar-refractivity contribution < 1.29 is 17.6 Å². The predicted octanol–water partition coefficient (Wildman–Crippen LogP) is 3.16. The number of aromatic nitrogens is 2. The SMILES string of the molecule is Cc1ccc(S(=O)(=O)N(CC(=O)Nc2ccc3c(c2)n(C)c(=O)n3C)c2ccccc2F)cc1.